The molecule has 3 nitrogen and oxygen atoms in total. The Morgan fingerprint density at radius 3 is 2.44 bits per heavy atom. The van der Waals surface area contributed by atoms with Gasteiger partial charge in [-0.1, -0.05) is 36.4 Å². The molecule has 2 fully saturated rings. The molecule has 1 N–H and O–H groups in total. The van der Waals surface area contributed by atoms with E-state index >= 15 is 4.39 Å². The van der Waals surface area contributed by atoms with Gasteiger partial charge in [0.2, 0.25) is 5.67 Å². The first kappa shape index (κ1) is 26.3. The van der Waals surface area contributed by atoms with Gasteiger partial charge in [0.15, 0.2) is 0 Å². The van der Waals surface area contributed by atoms with Crippen LogP contribution in [0.5, 0.6) is 5.75 Å². The number of methoxy groups -OCH3 is 1. The maximum absolute atomic E-state index is 15.1. The van der Waals surface area contributed by atoms with E-state index in [0.717, 1.165) is 55.2 Å². The number of halogens is 2. The predicted octanol–water partition coefficient (Wildman–Crippen LogP) is 7.24. The van der Waals surface area contributed by atoms with Crippen molar-refractivity contribution in [3.8, 4) is 5.75 Å². The second kappa shape index (κ2) is 10.9. The Hall–Kier alpha value is -2.34. The van der Waals surface area contributed by atoms with Crippen LogP contribution >= 0.6 is 13.5 Å². The van der Waals surface area contributed by atoms with Gasteiger partial charge in [-0.2, -0.15) is 13.5 Å². The van der Waals surface area contributed by atoms with Gasteiger partial charge >= 0.3 is 5.97 Å². The summed E-state index contributed by atoms with van der Waals surface area (Å²) >= 11 is 0. The number of hydrogen-bond acceptors (Lipinski definition) is 2. The number of hydrogen-bond donors (Lipinski definition) is 1. The number of aliphatic carboxylic acids is 1. The van der Waals surface area contributed by atoms with Crippen LogP contribution in [0.4, 0.5) is 8.78 Å². The molecule has 2 saturated carbocycles. The average Bonchev–Trinajstić information content (AvgIpc) is 3.63. The van der Waals surface area contributed by atoms with E-state index in [1.807, 2.05) is 30.3 Å². The minimum absolute atomic E-state index is 0. The largest absolute Gasteiger partial charge is 0.497 e. The first-order chi connectivity index (χ1) is 15.8. The van der Waals surface area contributed by atoms with Crippen molar-refractivity contribution in [3.63, 3.8) is 0 Å². The van der Waals surface area contributed by atoms with Crippen molar-refractivity contribution < 1.29 is 23.4 Å². The maximum atomic E-state index is 15.1. The Kier molecular flexibility index (Phi) is 8.45. The first-order valence-corrected chi connectivity index (χ1v) is 11.8. The molecule has 2 aliphatic carbocycles. The highest BCUT2D eigenvalue weighted by atomic mass is 32.1. The summed E-state index contributed by atoms with van der Waals surface area (Å²) in [6.07, 6.45) is 9.77. The van der Waals surface area contributed by atoms with Gasteiger partial charge in [0, 0.05) is 5.92 Å². The van der Waals surface area contributed by atoms with Crippen LogP contribution in [0.2, 0.25) is 0 Å². The molecule has 6 heteroatoms. The van der Waals surface area contributed by atoms with Gasteiger partial charge in [-0.25, -0.2) is 13.6 Å². The van der Waals surface area contributed by atoms with E-state index in [9.17, 15) is 14.3 Å². The smallest absolute Gasteiger partial charge is 0.341 e. The molecule has 0 radical (unpaired) electrons. The lowest BCUT2D eigenvalue weighted by Gasteiger charge is -2.28. The number of allylic oxidation sites excluding steroid dienone is 1. The molecule has 4 rings (SSSR count). The Balaban J connectivity index is 0.00000324. The number of carboxylic acid groups (broad SMARTS) is 1. The summed E-state index contributed by atoms with van der Waals surface area (Å²) < 4.78 is 34.6. The zero-order valence-corrected chi connectivity index (χ0v) is 20.8. The number of alkyl halides is 1. The van der Waals surface area contributed by atoms with Crippen LogP contribution in [0, 0.1) is 17.7 Å². The van der Waals surface area contributed by atoms with Crippen LogP contribution in [0.25, 0.3) is 6.08 Å². The van der Waals surface area contributed by atoms with E-state index in [4.69, 9.17) is 4.74 Å². The van der Waals surface area contributed by atoms with Crippen molar-refractivity contribution in [2.24, 2.45) is 11.8 Å². The summed E-state index contributed by atoms with van der Waals surface area (Å²) in [5, 5.41) is 9.42. The highest BCUT2D eigenvalue weighted by Crippen LogP contribution is 2.50. The van der Waals surface area contributed by atoms with E-state index in [-0.39, 0.29) is 31.1 Å². The van der Waals surface area contributed by atoms with Crippen LogP contribution in [-0.2, 0) is 4.79 Å². The molecule has 34 heavy (non-hydrogen) atoms. The standard InChI is InChI=1S/C28H32F2O3.H2S/c1-28(30,27(31)32)26(21-12-13-21)22-5-3-4-19(16-22)7-6-18-8-10-20(11-9-18)24-17-23(33-2)14-15-25(24)29;/h3-7,14-18,20-21,26H,8-13H2,1-2H3,(H,31,32);1H2/b7-6+;/t18?,20?,26-,28?;/m0./s1. The monoisotopic (exact) mass is 488 g/mol. The molecule has 2 aromatic rings. The van der Waals surface area contributed by atoms with Gasteiger partial charge in [0.1, 0.15) is 11.6 Å². The Labute approximate surface area is 207 Å². The average molecular weight is 489 g/mol. The molecule has 184 valence electrons. The van der Waals surface area contributed by atoms with Crippen LogP contribution in [0.3, 0.4) is 0 Å². The van der Waals surface area contributed by atoms with Crippen molar-refractivity contribution in [2.45, 2.75) is 63.0 Å². The topological polar surface area (TPSA) is 46.5 Å². The Morgan fingerprint density at radius 1 is 1.12 bits per heavy atom. The molecule has 0 saturated heterocycles. The van der Waals surface area contributed by atoms with Crippen molar-refractivity contribution in [3.05, 3.63) is 71.0 Å². The minimum atomic E-state index is -2.28. The first-order valence-electron chi connectivity index (χ1n) is 11.8. The zero-order chi connectivity index (χ0) is 23.6. The van der Waals surface area contributed by atoms with Gasteiger partial charge in [0.25, 0.3) is 0 Å². The number of rotatable bonds is 8. The summed E-state index contributed by atoms with van der Waals surface area (Å²) in [7, 11) is 1.59. The van der Waals surface area contributed by atoms with Crippen molar-refractivity contribution in [2.75, 3.05) is 7.11 Å². The SMILES string of the molecule is COc1ccc(F)c(C2CCC(/C=C/c3cccc([C@H](C4CC4)C(C)(F)C(=O)O)c3)CC2)c1.S. The van der Waals surface area contributed by atoms with Crippen molar-refractivity contribution in [1.82, 2.24) is 0 Å². The third-order valence-electron chi connectivity index (χ3n) is 7.34. The van der Waals surface area contributed by atoms with Crippen LogP contribution in [0.1, 0.15) is 74.0 Å². The molecule has 0 spiro atoms. The summed E-state index contributed by atoms with van der Waals surface area (Å²) in [5.41, 5.74) is 0.171. The van der Waals surface area contributed by atoms with Gasteiger partial charge in [-0.3, -0.25) is 0 Å². The number of carbonyl (C=O) groups is 1. The quantitative estimate of drug-likeness (QED) is 0.426. The lowest BCUT2D eigenvalue weighted by molar-refractivity contribution is -0.151. The normalized spacial score (nSPS) is 23.1. The third kappa shape index (κ3) is 5.83. The van der Waals surface area contributed by atoms with E-state index in [0.29, 0.717) is 11.7 Å². The second-order valence-electron chi connectivity index (χ2n) is 9.72. The predicted molar refractivity (Wildman–Crippen MR) is 136 cm³/mol. The van der Waals surface area contributed by atoms with E-state index in [1.165, 1.54) is 13.0 Å². The summed E-state index contributed by atoms with van der Waals surface area (Å²) in [6, 6.07) is 12.6. The second-order valence-corrected chi connectivity index (χ2v) is 9.72. The Morgan fingerprint density at radius 2 is 1.82 bits per heavy atom. The fourth-order valence-corrected chi connectivity index (χ4v) is 5.28. The molecule has 0 bridgehead atoms. The minimum Gasteiger partial charge on any atom is -0.497 e. The lowest BCUT2D eigenvalue weighted by atomic mass is 9.78. The van der Waals surface area contributed by atoms with E-state index in [1.54, 1.807) is 13.2 Å². The van der Waals surface area contributed by atoms with Gasteiger partial charge < -0.3 is 9.84 Å². The molecule has 0 aliphatic heterocycles. The molecule has 2 atom stereocenters. The van der Waals surface area contributed by atoms with Gasteiger partial charge in [-0.05, 0) is 98.1 Å². The number of benzene rings is 2. The van der Waals surface area contributed by atoms with Crippen LogP contribution in [-0.4, -0.2) is 23.9 Å². The molecule has 2 aliphatic rings. The summed E-state index contributed by atoms with van der Waals surface area (Å²) in [5.74, 6) is -0.819. The molecule has 1 unspecified atom stereocenters. The highest BCUT2D eigenvalue weighted by molar-refractivity contribution is 7.59. The number of carboxylic acids is 1. The molecular formula is C28H34F2O3S. The fraction of sp³-hybridized carbons (Fsp3) is 0.464. The highest BCUT2D eigenvalue weighted by Gasteiger charge is 2.50. The van der Waals surface area contributed by atoms with Crippen LogP contribution < -0.4 is 4.74 Å². The third-order valence-corrected chi connectivity index (χ3v) is 7.34. The van der Waals surface area contributed by atoms with E-state index < -0.39 is 17.6 Å². The van der Waals surface area contributed by atoms with E-state index in [2.05, 4.69) is 12.2 Å². The molecule has 0 heterocycles. The lowest BCUT2D eigenvalue weighted by Crippen LogP contribution is -2.38. The molecule has 0 amide bonds. The maximum Gasteiger partial charge on any atom is 0.341 e. The molecular weight excluding hydrogens is 454 g/mol. The van der Waals surface area contributed by atoms with Crippen LogP contribution in [0.15, 0.2) is 48.5 Å². The summed E-state index contributed by atoms with van der Waals surface area (Å²) in [4.78, 5) is 11.6. The fourth-order valence-electron chi connectivity index (χ4n) is 5.28. The summed E-state index contributed by atoms with van der Waals surface area (Å²) in [6.45, 7) is 1.18. The molecule has 2 aromatic carbocycles. The Bertz CT molecular complexity index is 1020. The van der Waals surface area contributed by atoms with Crippen molar-refractivity contribution >= 4 is 25.5 Å². The molecule has 0 aromatic heterocycles. The number of ether oxygens (including phenoxy) is 1. The van der Waals surface area contributed by atoms with Gasteiger partial charge in [0.05, 0.1) is 7.11 Å². The zero-order valence-electron chi connectivity index (χ0n) is 19.8. The van der Waals surface area contributed by atoms with Gasteiger partial charge in [-0.15, -0.1) is 0 Å². The van der Waals surface area contributed by atoms with Crippen molar-refractivity contribution in [1.29, 1.82) is 0 Å².